The molecule has 0 radical (unpaired) electrons. The number of halogens is 1. The summed E-state index contributed by atoms with van der Waals surface area (Å²) < 4.78 is 24.6. The standard InChI is InChI=1S/C12H14BrNO5S/c1-14(6-12(16)17)11(15)8-20(18,19)7-9-3-2-4-10(13)5-9/h2-5H,6-8H2,1H3,(H,16,17). The highest BCUT2D eigenvalue weighted by molar-refractivity contribution is 9.10. The molecule has 0 saturated heterocycles. The lowest BCUT2D eigenvalue weighted by molar-refractivity contribution is -0.142. The van der Waals surface area contributed by atoms with E-state index < -0.39 is 34.0 Å². The van der Waals surface area contributed by atoms with Crippen molar-refractivity contribution in [1.82, 2.24) is 4.90 Å². The lowest BCUT2D eigenvalue weighted by atomic mass is 10.2. The normalized spacial score (nSPS) is 11.1. The van der Waals surface area contributed by atoms with Crippen LogP contribution in [0.2, 0.25) is 0 Å². The Hall–Kier alpha value is -1.41. The third-order valence-corrected chi connectivity index (χ3v) is 4.37. The van der Waals surface area contributed by atoms with Crippen molar-refractivity contribution in [2.24, 2.45) is 0 Å². The van der Waals surface area contributed by atoms with Crippen molar-refractivity contribution in [3.05, 3.63) is 34.3 Å². The van der Waals surface area contributed by atoms with Crippen LogP contribution >= 0.6 is 15.9 Å². The molecule has 0 aliphatic carbocycles. The number of hydrogen-bond acceptors (Lipinski definition) is 4. The molecule has 1 aromatic carbocycles. The van der Waals surface area contributed by atoms with Crippen LogP contribution < -0.4 is 0 Å². The number of carboxylic acid groups (broad SMARTS) is 1. The van der Waals surface area contributed by atoms with Gasteiger partial charge in [0.15, 0.2) is 9.84 Å². The minimum absolute atomic E-state index is 0.265. The van der Waals surface area contributed by atoms with Crippen LogP contribution in [0.4, 0.5) is 0 Å². The molecule has 1 amide bonds. The van der Waals surface area contributed by atoms with E-state index in [2.05, 4.69) is 15.9 Å². The van der Waals surface area contributed by atoms with E-state index in [1.807, 2.05) is 0 Å². The number of carbonyl (C=O) groups is 2. The fourth-order valence-corrected chi connectivity index (χ4v) is 3.35. The number of likely N-dealkylation sites (N-methyl/N-ethyl adjacent to an activating group) is 1. The van der Waals surface area contributed by atoms with E-state index in [1.165, 1.54) is 7.05 Å². The SMILES string of the molecule is CN(CC(=O)O)C(=O)CS(=O)(=O)Cc1cccc(Br)c1. The summed E-state index contributed by atoms with van der Waals surface area (Å²) in [6.45, 7) is -0.523. The Balaban J connectivity index is 2.70. The van der Waals surface area contributed by atoms with Gasteiger partial charge < -0.3 is 10.0 Å². The first-order chi connectivity index (χ1) is 9.19. The smallest absolute Gasteiger partial charge is 0.323 e. The number of sulfone groups is 1. The molecule has 0 aliphatic rings. The van der Waals surface area contributed by atoms with E-state index in [4.69, 9.17) is 5.11 Å². The van der Waals surface area contributed by atoms with Gasteiger partial charge in [-0.25, -0.2) is 8.42 Å². The van der Waals surface area contributed by atoms with E-state index in [9.17, 15) is 18.0 Å². The molecule has 0 spiro atoms. The van der Waals surface area contributed by atoms with Crippen LogP contribution in [-0.4, -0.2) is 49.6 Å². The minimum Gasteiger partial charge on any atom is -0.480 e. The highest BCUT2D eigenvalue weighted by atomic mass is 79.9. The Morgan fingerprint density at radius 2 is 2.00 bits per heavy atom. The summed E-state index contributed by atoms with van der Waals surface area (Å²) >= 11 is 3.24. The maximum absolute atomic E-state index is 11.9. The molecular weight excluding hydrogens is 350 g/mol. The summed E-state index contributed by atoms with van der Waals surface area (Å²) in [5, 5.41) is 8.55. The number of nitrogens with zero attached hydrogens (tertiary/aromatic N) is 1. The van der Waals surface area contributed by atoms with Gasteiger partial charge in [0.05, 0.1) is 5.75 Å². The fourth-order valence-electron chi connectivity index (χ4n) is 1.52. The van der Waals surface area contributed by atoms with Crippen molar-refractivity contribution in [2.75, 3.05) is 19.3 Å². The van der Waals surface area contributed by atoms with Gasteiger partial charge in [0, 0.05) is 11.5 Å². The molecule has 0 heterocycles. The first-order valence-electron chi connectivity index (χ1n) is 5.60. The summed E-state index contributed by atoms with van der Waals surface area (Å²) in [5.41, 5.74) is 0.563. The van der Waals surface area contributed by atoms with Gasteiger partial charge in [0.25, 0.3) is 0 Å². The lowest BCUT2D eigenvalue weighted by Gasteiger charge is -2.14. The molecule has 1 N–H and O–H groups in total. The number of carboxylic acids is 1. The van der Waals surface area contributed by atoms with Crippen LogP contribution in [0.25, 0.3) is 0 Å². The molecule has 0 bridgehead atoms. The van der Waals surface area contributed by atoms with Crippen LogP contribution in [0, 0.1) is 0 Å². The lowest BCUT2D eigenvalue weighted by Crippen LogP contribution is -2.36. The molecule has 0 atom stereocenters. The van der Waals surface area contributed by atoms with Crippen molar-refractivity contribution in [3.63, 3.8) is 0 Å². The number of aliphatic carboxylic acids is 1. The Morgan fingerprint density at radius 3 is 2.55 bits per heavy atom. The Morgan fingerprint density at radius 1 is 1.35 bits per heavy atom. The van der Waals surface area contributed by atoms with E-state index in [1.54, 1.807) is 24.3 Å². The average molecular weight is 364 g/mol. The fraction of sp³-hybridized carbons (Fsp3) is 0.333. The summed E-state index contributed by atoms with van der Waals surface area (Å²) in [6.07, 6.45) is 0. The molecule has 1 aromatic rings. The van der Waals surface area contributed by atoms with Crippen LogP contribution in [0.5, 0.6) is 0 Å². The van der Waals surface area contributed by atoms with E-state index in [0.717, 1.165) is 9.37 Å². The van der Waals surface area contributed by atoms with Gasteiger partial charge in [-0.05, 0) is 17.7 Å². The second-order valence-electron chi connectivity index (χ2n) is 4.31. The molecule has 6 nitrogen and oxygen atoms in total. The van der Waals surface area contributed by atoms with Gasteiger partial charge in [-0.3, -0.25) is 9.59 Å². The second-order valence-corrected chi connectivity index (χ2v) is 7.29. The molecule has 110 valence electrons. The molecule has 0 fully saturated rings. The van der Waals surface area contributed by atoms with Crippen molar-refractivity contribution < 1.29 is 23.1 Å². The quantitative estimate of drug-likeness (QED) is 0.810. The molecule has 1 rings (SSSR count). The zero-order valence-corrected chi connectivity index (χ0v) is 13.1. The Labute approximate surface area is 125 Å². The van der Waals surface area contributed by atoms with Crippen LogP contribution in [0.15, 0.2) is 28.7 Å². The Bertz CT molecular complexity index is 614. The summed E-state index contributed by atoms with van der Waals surface area (Å²) in [7, 11) is -2.38. The second kappa shape index (κ2) is 6.85. The first-order valence-corrected chi connectivity index (χ1v) is 8.21. The first kappa shape index (κ1) is 16.6. The van der Waals surface area contributed by atoms with E-state index in [0.29, 0.717) is 5.56 Å². The summed E-state index contributed by atoms with van der Waals surface area (Å²) in [5.74, 6) is -2.89. The number of rotatable bonds is 6. The van der Waals surface area contributed by atoms with Crippen molar-refractivity contribution in [3.8, 4) is 0 Å². The molecule has 0 unspecified atom stereocenters. The summed E-state index contributed by atoms with van der Waals surface area (Å²) in [4.78, 5) is 23.0. The average Bonchev–Trinajstić information content (AvgIpc) is 2.26. The summed E-state index contributed by atoms with van der Waals surface area (Å²) in [6, 6.07) is 6.77. The maximum Gasteiger partial charge on any atom is 0.323 e. The molecule has 0 aromatic heterocycles. The molecule has 8 heteroatoms. The van der Waals surface area contributed by atoms with Gasteiger partial charge in [-0.15, -0.1) is 0 Å². The highest BCUT2D eigenvalue weighted by Crippen LogP contribution is 2.14. The number of carbonyl (C=O) groups excluding carboxylic acids is 1. The molecular formula is C12H14BrNO5S. The zero-order chi connectivity index (χ0) is 15.3. The van der Waals surface area contributed by atoms with Crippen molar-refractivity contribution in [1.29, 1.82) is 0 Å². The van der Waals surface area contributed by atoms with Crippen LogP contribution in [0.3, 0.4) is 0 Å². The highest BCUT2D eigenvalue weighted by Gasteiger charge is 2.21. The third kappa shape index (κ3) is 5.70. The minimum atomic E-state index is -3.64. The number of benzene rings is 1. The Kier molecular flexibility index (Phi) is 5.70. The van der Waals surface area contributed by atoms with Gasteiger partial charge in [-0.2, -0.15) is 0 Å². The van der Waals surface area contributed by atoms with Crippen molar-refractivity contribution in [2.45, 2.75) is 5.75 Å². The van der Waals surface area contributed by atoms with Gasteiger partial charge >= 0.3 is 5.97 Å². The maximum atomic E-state index is 11.9. The van der Waals surface area contributed by atoms with E-state index in [-0.39, 0.29) is 5.75 Å². The third-order valence-electron chi connectivity index (χ3n) is 2.42. The predicted octanol–water partition coefficient (Wildman–Crippen LogP) is 0.907. The largest absolute Gasteiger partial charge is 0.480 e. The monoisotopic (exact) mass is 363 g/mol. The van der Waals surface area contributed by atoms with Gasteiger partial charge in [0.1, 0.15) is 12.3 Å². The molecule has 0 saturated carbocycles. The van der Waals surface area contributed by atoms with Crippen molar-refractivity contribution >= 4 is 37.6 Å². The zero-order valence-electron chi connectivity index (χ0n) is 10.7. The van der Waals surface area contributed by atoms with E-state index >= 15 is 0 Å². The van der Waals surface area contributed by atoms with Crippen LogP contribution in [0.1, 0.15) is 5.56 Å². The topological polar surface area (TPSA) is 91.8 Å². The number of amides is 1. The molecule has 0 aliphatic heterocycles. The predicted molar refractivity (Wildman–Crippen MR) is 76.9 cm³/mol. The number of hydrogen-bond donors (Lipinski definition) is 1. The van der Waals surface area contributed by atoms with Gasteiger partial charge in [0.2, 0.25) is 5.91 Å². The van der Waals surface area contributed by atoms with Gasteiger partial charge in [-0.1, -0.05) is 28.1 Å². The molecule has 20 heavy (non-hydrogen) atoms. The van der Waals surface area contributed by atoms with Crippen LogP contribution in [-0.2, 0) is 25.2 Å².